The van der Waals surface area contributed by atoms with E-state index in [4.69, 9.17) is 4.74 Å². The largest absolute Gasteiger partial charge is 0.444 e. The van der Waals surface area contributed by atoms with Crippen LogP contribution in [0, 0.1) is 17.0 Å². The number of carbonyl (C=O) groups excluding carboxylic acids is 1. The summed E-state index contributed by atoms with van der Waals surface area (Å²) in [7, 11) is 0. The summed E-state index contributed by atoms with van der Waals surface area (Å²) >= 11 is 0. The Morgan fingerprint density at radius 3 is 2.42 bits per heavy atom. The first kappa shape index (κ1) is 18.5. The lowest BCUT2D eigenvalue weighted by atomic mass is 9.97. The zero-order chi connectivity index (χ0) is 19.1. The van der Waals surface area contributed by atoms with Crippen LogP contribution < -0.4 is 5.32 Å². The number of benzene rings is 1. The molecule has 2 bridgehead atoms. The van der Waals surface area contributed by atoms with Crippen molar-refractivity contribution in [3.63, 3.8) is 0 Å². The van der Waals surface area contributed by atoms with Gasteiger partial charge in [0.25, 0.3) is 5.69 Å². The minimum Gasteiger partial charge on any atom is -0.444 e. The number of amides is 1. The van der Waals surface area contributed by atoms with Crippen molar-refractivity contribution < 1.29 is 14.5 Å². The molecule has 2 fully saturated rings. The van der Waals surface area contributed by atoms with Crippen LogP contribution in [-0.2, 0) is 4.74 Å². The van der Waals surface area contributed by atoms with E-state index >= 15 is 0 Å². The van der Waals surface area contributed by atoms with Crippen molar-refractivity contribution in [3.05, 3.63) is 33.9 Å². The number of fused-ring (bicyclic) bond motifs is 2. The average molecular weight is 361 g/mol. The molecule has 0 aliphatic carbocycles. The second-order valence-corrected chi connectivity index (χ2v) is 8.36. The Morgan fingerprint density at radius 2 is 1.88 bits per heavy atom. The number of aryl methyl sites for hydroxylation is 1. The second-order valence-electron chi connectivity index (χ2n) is 8.36. The highest BCUT2D eigenvalue weighted by Crippen LogP contribution is 2.38. The fraction of sp³-hybridized carbons (Fsp3) is 0.632. The molecule has 2 unspecified atom stereocenters. The molecule has 2 atom stereocenters. The van der Waals surface area contributed by atoms with E-state index < -0.39 is 5.60 Å². The van der Waals surface area contributed by atoms with Crippen molar-refractivity contribution in [2.75, 3.05) is 5.32 Å². The van der Waals surface area contributed by atoms with E-state index in [1.807, 2.05) is 38.7 Å². The smallest absolute Gasteiger partial charge is 0.410 e. The highest BCUT2D eigenvalue weighted by atomic mass is 16.6. The predicted molar refractivity (Wildman–Crippen MR) is 99.4 cm³/mol. The third-order valence-electron chi connectivity index (χ3n) is 5.05. The molecule has 26 heavy (non-hydrogen) atoms. The first-order valence-electron chi connectivity index (χ1n) is 9.17. The van der Waals surface area contributed by atoms with Gasteiger partial charge in [0.15, 0.2) is 0 Å². The average Bonchev–Trinajstić information content (AvgIpc) is 2.79. The van der Waals surface area contributed by atoms with E-state index in [0.29, 0.717) is 5.69 Å². The molecular formula is C19H27N3O4. The molecule has 2 heterocycles. The van der Waals surface area contributed by atoms with Gasteiger partial charge in [-0.1, -0.05) is 6.07 Å². The standard InChI is InChI=1S/C19H27N3O4/c1-12-5-8-16(17(9-12)22(24)25)20-13-10-14-6-7-15(11-13)21(14)18(23)26-19(2,3)4/h5,8-9,13-15,20H,6-7,10-11H2,1-4H3. The first-order valence-corrected chi connectivity index (χ1v) is 9.17. The van der Waals surface area contributed by atoms with E-state index in [0.717, 1.165) is 31.2 Å². The Kier molecular flexibility index (Phi) is 4.82. The van der Waals surface area contributed by atoms with Crippen LogP contribution >= 0.6 is 0 Å². The van der Waals surface area contributed by atoms with Gasteiger partial charge in [-0.05, 0) is 65.0 Å². The maximum absolute atomic E-state index is 12.5. The van der Waals surface area contributed by atoms with E-state index in [-0.39, 0.29) is 34.8 Å². The summed E-state index contributed by atoms with van der Waals surface area (Å²) in [6.07, 6.45) is 3.22. The summed E-state index contributed by atoms with van der Waals surface area (Å²) in [6, 6.07) is 5.62. The molecular weight excluding hydrogens is 334 g/mol. The molecule has 2 aliphatic heterocycles. The summed E-state index contributed by atoms with van der Waals surface area (Å²) in [6.45, 7) is 7.46. The number of nitro groups is 1. The van der Waals surface area contributed by atoms with Crippen LogP contribution in [-0.4, -0.2) is 39.6 Å². The number of hydrogen-bond acceptors (Lipinski definition) is 5. The lowest BCUT2D eigenvalue weighted by molar-refractivity contribution is -0.384. The number of piperidine rings is 1. The highest BCUT2D eigenvalue weighted by Gasteiger charge is 2.45. The molecule has 0 saturated carbocycles. The minimum absolute atomic E-state index is 0.104. The first-order chi connectivity index (χ1) is 12.1. The second kappa shape index (κ2) is 6.78. The maximum Gasteiger partial charge on any atom is 0.410 e. The zero-order valence-corrected chi connectivity index (χ0v) is 15.8. The fourth-order valence-corrected chi connectivity index (χ4v) is 4.04. The Morgan fingerprint density at radius 1 is 1.27 bits per heavy atom. The molecule has 142 valence electrons. The van der Waals surface area contributed by atoms with Gasteiger partial charge in [0, 0.05) is 24.2 Å². The molecule has 7 nitrogen and oxygen atoms in total. The number of nitro benzene ring substituents is 1. The van der Waals surface area contributed by atoms with Crippen molar-refractivity contribution >= 4 is 17.5 Å². The lowest BCUT2D eigenvalue weighted by Gasteiger charge is -2.39. The van der Waals surface area contributed by atoms with Crippen LogP contribution in [0.5, 0.6) is 0 Å². The summed E-state index contributed by atoms with van der Waals surface area (Å²) < 4.78 is 5.55. The zero-order valence-electron chi connectivity index (χ0n) is 15.8. The maximum atomic E-state index is 12.5. The minimum atomic E-state index is -0.506. The van der Waals surface area contributed by atoms with Gasteiger partial charge in [0.2, 0.25) is 0 Å². The highest BCUT2D eigenvalue weighted by molar-refractivity contribution is 5.70. The molecule has 0 spiro atoms. The van der Waals surface area contributed by atoms with Gasteiger partial charge in [0.05, 0.1) is 4.92 Å². The monoisotopic (exact) mass is 361 g/mol. The molecule has 3 rings (SSSR count). The number of nitrogens with one attached hydrogen (secondary N) is 1. The molecule has 7 heteroatoms. The van der Waals surface area contributed by atoms with Gasteiger partial charge in [0.1, 0.15) is 11.3 Å². The van der Waals surface area contributed by atoms with E-state index in [1.165, 1.54) is 0 Å². The van der Waals surface area contributed by atoms with Crippen molar-refractivity contribution in [1.29, 1.82) is 0 Å². The normalized spacial score (nSPS) is 25.1. The number of nitrogens with zero attached hydrogens (tertiary/aromatic N) is 2. The van der Waals surface area contributed by atoms with E-state index in [2.05, 4.69) is 5.32 Å². The molecule has 0 radical (unpaired) electrons. The lowest BCUT2D eigenvalue weighted by Crippen LogP contribution is -2.51. The molecule has 1 aromatic rings. The summed E-state index contributed by atoms with van der Waals surface area (Å²) in [5.74, 6) is 0. The van der Waals surface area contributed by atoms with Gasteiger partial charge >= 0.3 is 6.09 Å². The molecule has 1 N–H and O–H groups in total. The third-order valence-corrected chi connectivity index (χ3v) is 5.05. The summed E-state index contributed by atoms with van der Waals surface area (Å²) in [5, 5.41) is 14.7. The number of ether oxygens (including phenoxy) is 1. The Labute approximate surface area is 153 Å². The van der Waals surface area contributed by atoms with Gasteiger partial charge in [-0.25, -0.2) is 4.79 Å². The number of anilines is 1. The predicted octanol–water partition coefficient (Wildman–Crippen LogP) is 4.25. The van der Waals surface area contributed by atoms with Crippen LogP contribution in [0.1, 0.15) is 52.0 Å². The Bertz CT molecular complexity index is 699. The van der Waals surface area contributed by atoms with Crippen LogP contribution in [0.3, 0.4) is 0 Å². The van der Waals surface area contributed by atoms with Crippen molar-refractivity contribution in [2.45, 2.75) is 77.1 Å². The van der Waals surface area contributed by atoms with Crippen LogP contribution in [0.4, 0.5) is 16.2 Å². The Balaban J connectivity index is 1.70. The fourth-order valence-electron chi connectivity index (χ4n) is 4.04. The third kappa shape index (κ3) is 3.92. The molecule has 2 aliphatic rings. The van der Waals surface area contributed by atoms with E-state index in [9.17, 15) is 14.9 Å². The van der Waals surface area contributed by atoms with Gasteiger partial charge in [-0.15, -0.1) is 0 Å². The van der Waals surface area contributed by atoms with Crippen LogP contribution in [0.2, 0.25) is 0 Å². The summed E-state index contributed by atoms with van der Waals surface area (Å²) in [5.41, 5.74) is 1.01. The number of rotatable bonds is 3. The van der Waals surface area contributed by atoms with Crippen LogP contribution in [0.25, 0.3) is 0 Å². The van der Waals surface area contributed by atoms with Crippen molar-refractivity contribution in [1.82, 2.24) is 4.90 Å². The molecule has 1 amide bonds. The Hall–Kier alpha value is -2.31. The molecule has 2 saturated heterocycles. The summed E-state index contributed by atoms with van der Waals surface area (Å²) in [4.78, 5) is 25.4. The number of hydrogen-bond donors (Lipinski definition) is 1. The number of carbonyl (C=O) groups is 1. The van der Waals surface area contributed by atoms with E-state index in [1.54, 1.807) is 12.1 Å². The molecule has 1 aromatic carbocycles. The van der Waals surface area contributed by atoms with Crippen molar-refractivity contribution in [2.24, 2.45) is 0 Å². The van der Waals surface area contributed by atoms with Gasteiger partial charge in [-0.2, -0.15) is 0 Å². The van der Waals surface area contributed by atoms with Crippen molar-refractivity contribution in [3.8, 4) is 0 Å². The van der Waals surface area contributed by atoms with Gasteiger partial charge in [-0.3, -0.25) is 10.1 Å². The SMILES string of the molecule is Cc1ccc(NC2CC3CCC(C2)N3C(=O)OC(C)(C)C)c([N+](=O)[O-])c1. The van der Waals surface area contributed by atoms with Crippen LogP contribution in [0.15, 0.2) is 18.2 Å². The topological polar surface area (TPSA) is 84.7 Å². The quantitative estimate of drug-likeness (QED) is 0.643. The molecule has 0 aromatic heterocycles. The van der Waals surface area contributed by atoms with Gasteiger partial charge < -0.3 is 15.0 Å².